The Balaban J connectivity index is 1.39. The number of rotatable bonds is 6. The highest BCUT2D eigenvalue weighted by molar-refractivity contribution is 7.19. The second-order valence-electron chi connectivity index (χ2n) is 7.50. The van der Waals surface area contributed by atoms with Gasteiger partial charge in [-0.2, -0.15) is 5.26 Å². The van der Waals surface area contributed by atoms with Crippen LogP contribution >= 0.6 is 11.3 Å². The summed E-state index contributed by atoms with van der Waals surface area (Å²) in [6.07, 6.45) is 4.81. The van der Waals surface area contributed by atoms with E-state index >= 15 is 0 Å². The molecule has 1 amide bonds. The highest BCUT2D eigenvalue weighted by Gasteiger charge is 2.18. The number of nitriles is 1. The Kier molecular flexibility index (Phi) is 7.25. The van der Waals surface area contributed by atoms with Gasteiger partial charge in [-0.05, 0) is 55.2 Å². The van der Waals surface area contributed by atoms with Gasteiger partial charge in [-0.3, -0.25) is 10.1 Å². The summed E-state index contributed by atoms with van der Waals surface area (Å²) in [4.78, 5) is 26.8. The number of carbonyl (C=O) groups is 2. The lowest BCUT2D eigenvalue weighted by Crippen LogP contribution is -2.29. The molecule has 4 rings (SSSR count). The molecule has 8 nitrogen and oxygen atoms in total. The van der Waals surface area contributed by atoms with E-state index in [1.165, 1.54) is 60.2 Å². The van der Waals surface area contributed by atoms with Gasteiger partial charge in [-0.15, -0.1) is 10.2 Å². The Morgan fingerprint density at radius 3 is 2.53 bits per heavy atom. The summed E-state index contributed by atoms with van der Waals surface area (Å²) in [7, 11) is 0. The lowest BCUT2D eigenvalue weighted by molar-refractivity contribution is -0.112. The van der Waals surface area contributed by atoms with Gasteiger partial charge in [0.2, 0.25) is 10.3 Å². The van der Waals surface area contributed by atoms with Crippen molar-refractivity contribution < 1.29 is 18.7 Å². The zero-order chi connectivity index (χ0) is 23.9. The predicted molar refractivity (Wildman–Crippen MR) is 126 cm³/mol. The molecule has 2 heterocycles. The minimum Gasteiger partial charge on any atom is -0.423 e. The van der Waals surface area contributed by atoms with Crippen molar-refractivity contribution >= 4 is 39.6 Å². The normalized spacial score (nSPS) is 13.8. The molecule has 0 bridgehead atoms. The summed E-state index contributed by atoms with van der Waals surface area (Å²) in [6, 6.07) is 13.6. The highest BCUT2D eigenvalue weighted by atomic mass is 32.1. The van der Waals surface area contributed by atoms with Crippen molar-refractivity contribution in [2.24, 2.45) is 0 Å². The number of ether oxygens (including phenoxy) is 1. The first-order chi connectivity index (χ1) is 16.5. The molecule has 1 fully saturated rings. The second-order valence-corrected chi connectivity index (χ2v) is 8.46. The standard InChI is InChI=1S/C24H20FN5O3S/c25-20-7-3-2-6-19(20)22(32)33-18-10-8-16(9-11-18)14-17(15-26)21(31)27-23-28-29-24(34-23)30-12-4-1-5-13-30/h2-3,6-11,14H,1,4-5,12-13H2,(H,27,28,31)/b17-14-. The quantitative estimate of drug-likeness (QED) is 0.242. The lowest BCUT2D eigenvalue weighted by Gasteiger charge is -2.25. The van der Waals surface area contributed by atoms with Crippen molar-refractivity contribution in [1.29, 1.82) is 5.26 Å². The number of halogens is 1. The van der Waals surface area contributed by atoms with Crippen LogP contribution in [-0.4, -0.2) is 35.2 Å². The Morgan fingerprint density at radius 2 is 1.82 bits per heavy atom. The van der Waals surface area contributed by atoms with Gasteiger partial charge in [0, 0.05) is 13.1 Å². The van der Waals surface area contributed by atoms with E-state index in [4.69, 9.17) is 4.74 Å². The summed E-state index contributed by atoms with van der Waals surface area (Å²) in [5, 5.41) is 21.3. The largest absolute Gasteiger partial charge is 0.423 e. The van der Waals surface area contributed by atoms with Crippen molar-refractivity contribution in [3.8, 4) is 11.8 Å². The van der Waals surface area contributed by atoms with E-state index < -0.39 is 17.7 Å². The van der Waals surface area contributed by atoms with Crippen LogP contribution in [0, 0.1) is 17.1 Å². The fourth-order valence-electron chi connectivity index (χ4n) is 3.38. The molecule has 3 aromatic rings. The third-order valence-electron chi connectivity index (χ3n) is 5.12. The van der Waals surface area contributed by atoms with Crippen LogP contribution in [-0.2, 0) is 4.79 Å². The minimum absolute atomic E-state index is 0.120. The van der Waals surface area contributed by atoms with Gasteiger partial charge in [0.1, 0.15) is 23.2 Å². The molecule has 34 heavy (non-hydrogen) atoms. The number of nitrogens with zero attached hydrogens (tertiary/aromatic N) is 4. The number of carbonyl (C=O) groups excluding carboxylic acids is 2. The van der Waals surface area contributed by atoms with E-state index in [9.17, 15) is 19.2 Å². The van der Waals surface area contributed by atoms with Crippen molar-refractivity contribution in [2.45, 2.75) is 19.3 Å². The molecule has 0 unspecified atom stereocenters. The number of aromatic nitrogens is 2. The second kappa shape index (κ2) is 10.7. The molecule has 0 spiro atoms. The molecule has 1 N–H and O–H groups in total. The van der Waals surface area contributed by atoms with Crippen LogP contribution in [0.2, 0.25) is 0 Å². The van der Waals surface area contributed by atoms with Gasteiger partial charge in [-0.1, -0.05) is 35.6 Å². The van der Waals surface area contributed by atoms with E-state index in [-0.39, 0.29) is 16.9 Å². The van der Waals surface area contributed by atoms with Crippen molar-refractivity contribution in [2.75, 3.05) is 23.3 Å². The summed E-state index contributed by atoms with van der Waals surface area (Å²) in [5.74, 6) is -1.89. The third-order valence-corrected chi connectivity index (χ3v) is 6.02. The molecular formula is C24H20FN5O3S. The molecule has 172 valence electrons. The number of hydrogen-bond acceptors (Lipinski definition) is 8. The molecule has 1 aromatic heterocycles. The van der Waals surface area contributed by atoms with Crippen molar-refractivity contribution in [3.63, 3.8) is 0 Å². The summed E-state index contributed by atoms with van der Waals surface area (Å²) in [6.45, 7) is 1.83. The Hall–Kier alpha value is -4.10. The van der Waals surface area contributed by atoms with E-state index in [0.29, 0.717) is 10.7 Å². The molecule has 10 heteroatoms. The van der Waals surface area contributed by atoms with Crippen LogP contribution in [0.25, 0.3) is 6.08 Å². The van der Waals surface area contributed by atoms with Gasteiger partial charge >= 0.3 is 5.97 Å². The SMILES string of the molecule is N#C/C(=C/c1ccc(OC(=O)c2ccccc2F)cc1)C(=O)Nc1nnc(N2CCCCC2)s1. The number of hydrogen-bond donors (Lipinski definition) is 1. The van der Waals surface area contributed by atoms with Gasteiger partial charge < -0.3 is 9.64 Å². The summed E-state index contributed by atoms with van der Waals surface area (Å²) < 4.78 is 18.9. The average Bonchev–Trinajstić information content (AvgIpc) is 3.32. The molecule has 1 saturated heterocycles. The fraction of sp³-hybridized carbons (Fsp3) is 0.208. The van der Waals surface area contributed by atoms with Crippen LogP contribution in [0.3, 0.4) is 0 Å². The number of esters is 1. The molecule has 1 aliphatic heterocycles. The van der Waals surface area contributed by atoms with E-state index in [1.54, 1.807) is 12.1 Å². The number of piperidine rings is 1. The fourth-order valence-corrected chi connectivity index (χ4v) is 4.17. The molecule has 0 saturated carbocycles. The van der Waals surface area contributed by atoms with E-state index in [2.05, 4.69) is 20.4 Å². The Morgan fingerprint density at radius 1 is 1.09 bits per heavy atom. The zero-order valence-corrected chi connectivity index (χ0v) is 18.8. The maximum Gasteiger partial charge on any atom is 0.346 e. The molecule has 0 radical (unpaired) electrons. The maximum atomic E-state index is 13.7. The number of amides is 1. The average molecular weight is 478 g/mol. The van der Waals surface area contributed by atoms with Crippen LogP contribution in [0.5, 0.6) is 5.75 Å². The minimum atomic E-state index is -0.820. The van der Waals surface area contributed by atoms with Gasteiger partial charge in [-0.25, -0.2) is 9.18 Å². The first kappa shape index (κ1) is 23.1. The summed E-state index contributed by atoms with van der Waals surface area (Å²) >= 11 is 1.27. The highest BCUT2D eigenvalue weighted by Crippen LogP contribution is 2.27. The Labute approximate surface area is 199 Å². The van der Waals surface area contributed by atoms with E-state index in [1.807, 2.05) is 6.07 Å². The third kappa shape index (κ3) is 5.63. The van der Waals surface area contributed by atoms with Gasteiger partial charge in [0.15, 0.2) is 0 Å². The van der Waals surface area contributed by atoms with Crippen LogP contribution in [0.1, 0.15) is 35.2 Å². The zero-order valence-electron chi connectivity index (χ0n) is 18.0. The van der Waals surface area contributed by atoms with Crippen molar-refractivity contribution in [1.82, 2.24) is 10.2 Å². The van der Waals surface area contributed by atoms with Gasteiger partial charge in [0.05, 0.1) is 5.56 Å². The lowest BCUT2D eigenvalue weighted by atomic mass is 10.1. The Bertz CT molecular complexity index is 1260. The van der Waals surface area contributed by atoms with E-state index in [0.717, 1.165) is 31.1 Å². The van der Waals surface area contributed by atoms with Gasteiger partial charge in [0.25, 0.3) is 5.91 Å². The first-order valence-electron chi connectivity index (χ1n) is 10.6. The smallest absolute Gasteiger partial charge is 0.346 e. The summed E-state index contributed by atoms with van der Waals surface area (Å²) in [5.41, 5.74) is 0.254. The number of anilines is 2. The van der Waals surface area contributed by atoms with Crippen molar-refractivity contribution in [3.05, 3.63) is 71.0 Å². The number of benzene rings is 2. The first-order valence-corrected chi connectivity index (χ1v) is 11.4. The molecule has 0 atom stereocenters. The molecular weight excluding hydrogens is 457 g/mol. The number of nitrogens with one attached hydrogen (secondary N) is 1. The topological polar surface area (TPSA) is 108 Å². The monoisotopic (exact) mass is 477 g/mol. The molecule has 1 aliphatic rings. The molecule has 0 aliphatic carbocycles. The van der Waals surface area contributed by atoms with Crippen LogP contribution < -0.4 is 15.0 Å². The predicted octanol–water partition coefficient (Wildman–Crippen LogP) is 4.43. The van der Waals surface area contributed by atoms with Crippen LogP contribution in [0.15, 0.2) is 54.1 Å². The molecule has 2 aromatic carbocycles. The maximum absolute atomic E-state index is 13.7. The van der Waals surface area contributed by atoms with Crippen LogP contribution in [0.4, 0.5) is 14.7 Å².